The number of benzene rings is 1. The first-order valence-electron chi connectivity index (χ1n) is 7.23. The van der Waals surface area contributed by atoms with Crippen molar-refractivity contribution in [3.05, 3.63) is 29.3 Å². The van der Waals surface area contributed by atoms with E-state index in [1.54, 1.807) is 0 Å². The zero-order valence-electron chi connectivity index (χ0n) is 12.1. The molecule has 1 fully saturated rings. The molecule has 0 bridgehead atoms. The molecule has 1 aromatic carbocycles. The number of nitrogens with two attached hydrogens (primary N) is 1. The minimum atomic E-state index is -0.0756. The van der Waals surface area contributed by atoms with Crippen LogP contribution in [0.5, 0.6) is 5.75 Å². The Kier molecular flexibility index (Phi) is 3.06. The molecule has 0 amide bonds. The predicted octanol–water partition coefficient (Wildman–Crippen LogP) is 2.35. The van der Waals surface area contributed by atoms with E-state index in [0.717, 1.165) is 25.3 Å². The molecule has 0 aromatic heterocycles. The monoisotopic (exact) mass is 260 g/mol. The normalized spacial score (nSPS) is 29.3. The lowest BCUT2D eigenvalue weighted by atomic mass is 9.91. The molecule has 0 radical (unpaired) electrons. The number of fused-ring (bicyclic) bond motifs is 1. The molecule has 2 unspecified atom stereocenters. The van der Waals surface area contributed by atoms with Crippen molar-refractivity contribution in [3.8, 4) is 5.75 Å². The zero-order valence-corrected chi connectivity index (χ0v) is 12.1. The Morgan fingerprint density at radius 1 is 1.42 bits per heavy atom. The van der Waals surface area contributed by atoms with Gasteiger partial charge in [0.05, 0.1) is 0 Å². The summed E-state index contributed by atoms with van der Waals surface area (Å²) in [6.45, 7) is 6.20. The van der Waals surface area contributed by atoms with Crippen LogP contribution < -0.4 is 10.5 Å². The van der Waals surface area contributed by atoms with E-state index >= 15 is 0 Å². The summed E-state index contributed by atoms with van der Waals surface area (Å²) in [6.07, 6.45) is 2.19. The van der Waals surface area contributed by atoms with Gasteiger partial charge in [-0.15, -0.1) is 0 Å². The molecule has 1 saturated heterocycles. The van der Waals surface area contributed by atoms with Gasteiger partial charge in [0.2, 0.25) is 0 Å². The van der Waals surface area contributed by atoms with E-state index in [-0.39, 0.29) is 5.60 Å². The summed E-state index contributed by atoms with van der Waals surface area (Å²) in [5, 5.41) is 0. The van der Waals surface area contributed by atoms with E-state index in [4.69, 9.17) is 10.5 Å². The second-order valence-electron chi connectivity index (χ2n) is 6.58. The van der Waals surface area contributed by atoms with Crippen molar-refractivity contribution < 1.29 is 4.74 Å². The van der Waals surface area contributed by atoms with Crippen molar-refractivity contribution in [2.75, 3.05) is 20.1 Å². The van der Waals surface area contributed by atoms with E-state index in [9.17, 15) is 0 Å². The zero-order chi connectivity index (χ0) is 13.6. The maximum absolute atomic E-state index is 6.21. The van der Waals surface area contributed by atoms with Crippen LogP contribution in [0.25, 0.3) is 0 Å². The van der Waals surface area contributed by atoms with E-state index in [2.05, 4.69) is 44.0 Å². The third kappa shape index (κ3) is 2.15. The van der Waals surface area contributed by atoms with Crippen LogP contribution in [-0.4, -0.2) is 30.6 Å². The molecule has 3 rings (SSSR count). The fraction of sp³-hybridized carbons (Fsp3) is 0.625. The number of para-hydroxylation sites is 1. The Bertz CT molecular complexity index is 484. The summed E-state index contributed by atoms with van der Waals surface area (Å²) >= 11 is 0. The summed E-state index contributed by atoms with van der Waals surface area (Å²) in [5.74, 6) is 1.66. The van der Waals surface area contributed by atoms with Gasteiger partial charge < -0.3 is 10.5 Å². The van der Waals surface area contributed by atoms with Gasteiger partial charge in [-0.1, -0.05) is 18.2 Å². The Balaban J connectivity index is 2.01. The third-order valence-corrected chi connectivity index (χ3v) is 4.52. The number of likely N-dealkylation sites (tertiary alicyclic amines) is 1. The maximum atomic E-state index is 6.21. The molecule has 3 heteroatoms. The lowest BCUT2D eigenvalue weighted by Gasteiger charge is -2.27. The van der Waals surface area contributed by atoms with Crippen LogP contribution in [0, 0.1) is 5.92 Å². The van der Waals surface area contributed by atoms with Crippen LogP contribution in [-0.2, 0) is 6.42 Å². The van der Waals surface area contributed by atoms with Gasteiger partial charge in [-0.3, -0.25) is 4.90 Å². The molecule has 2 atom stereocenters. The number of hydrogen-bond acceptors (Lipinski definition) is 3. The van der Waals surface area contributed by atoms with Gasteiger partial charge in [0.1, 0.15) is 11.4 Å². The number of nitrogens with zero attached hydrogens (tertiary/aromatic N) is 1. The Hall–Kier alpha value is -1.06. The van der Waals surface area contributed by atoms with Gasteiger partial charge in [0, 0.05) is 18.0 Å². The fourth-order valence-electron chi connectivity index (χ4n) is 3.64. The molecule has 19 heavy (non-hydrogen) atoms. The summed E-state index contributed by atoms with van der Waals surface area (Å²) in [6, 6.07) is 6.99. The standard InChI is InChI=1S/C16H24N2O/c1-16(2)9-11-5-4-6-13(15(11)19-16)14-12(10-17)7-8-18(14)3/h4-6,12,14H,7-10,17H2,1-3H3. The van der Waals surface area contributed by atoms with Crippen LogP contribution in [0.1, 0.15) is 37.4 Å². The van der Waals surface area contributed by atoms with E-state index < -0.39 is 0 Å². The van der Waals surface area contributed by atoms with Crippen LogP contribution in [0.3, 0.4) is 0 Å². The second kappa shape index (κ2) is 4.50. The van der Waals surface area contributed by atoms with Crippen molar-refractivity contribution in [1.82, 2.24) is 4.90 Å². The quantitative estimate of drug-likeness (QED) is 0.887. The molecule has 104 valence electrons. The minimum absolute atomic E-state index is 0.0756. The molecular formula is C16H24N2O. The summed E-state index contributed by atoms with van der Waals surface area (Å²) in [7, 11) is 2.19. The Labute approximate surface area is 115 Å². The first kappa shape index (κ1) is 12.9. The molecule has 0 aliphatic carbocycles. The predicted molar refractivity (Wildman–Crippen MR) is 77.4 cm³/mol. The van der Waals surface area contributed by atoms with Crippen molar-refractivity contribution in [2.45, 2.75) is 38.3 Å². The van der Waals surface area contributed by atoms with Gasteiger partial charge in [0.25, 0.3) is 0 Å². The van der Waals surface area contributed by atoms with Crippen LogP contribution in [0.15, 0.2) is 18.2 Å². The average Bonchev–Trinajstić information content (AvgIpc) is 2.86. The lowest BCUT2D eigenvalue weighted by Crippen LogP contribution is -2.27. The highest BCUT2D eigenvalue weighted by molar-refractivity contribution is 5.47. The summed E-state index contributed by atoms with van der Waals surface area (Å²) < 4.78 is 6.21. The Morgan fingerprint density at radius 2 is 2.21 bits per heavy atom. The highest BCUT2D eigenvalue weighted by Crippen LogP contribution is 2.45. The summed E-state index contributed by atoms with van der Waals surface area (Å²) in [5.41, 5.74) is 8.56. The first-order valence-corrected chi connectivity index (χ1v) is 7.23. The number of ether oxygens (including phenoxy) is 1. The molecule has 2 aliphatic heterocycles. The van der Waals surface area contributed by atoms with E-state index in [1.165, 1.54) is 17.5 Å². The maximum Gasteiger partial charge on any atom is 0.128 e. The van der Waals surface area contributed by atoms with Crippen LogP contribution in [0.4, 0.5) is 0 Å². The highest BCUT2D eigenvalue weighted by atomic mass is 16.5. The largest absolute Gasteiger partial charge is 0.487 e. The third-order valence-electron chi connectivity index (χ3n) is 4.52. The van der Waals surface area contributed by atoms with Gasteiger partial charge in [0.15, 0.2) is 0 Å². The molecular weight excluding hydrogens is 236 g/mol. The average molecular weight is 260 g/mol. The van der Waals surface area contributed by atoms with Gasteiger partial charge >= 0.3 is 0 Å². The number of hydrogen-bond donors (Lipinski definition) is 1. The van der Waals surface area contributed by atoms with Crippen molar-refractivity contribution in [2.24, 2.45) is 11.7 Å². The first-order chi connectivity index (χ1) is 9.02. The van der Waals surface area contributed by atoms with Crippen molar-refractivity contribution in [3.63, 3.8) is 0 Å². The smallest absolute Gasteiger partial charge is 0.128 e. The minimum Gasteiger partial charge on any atom is -0.487 e. The molecule has 0 saturated carbocycles. The lowest BCUT2D eigenvalue weighted by molar-refractivity contribution is 0.133. The molecule has 2 aliphatic rings. The Morgan fingerprint density at radius 3 is 2.95 bits per heavy atom. The molecule has 1 aromatic rings. The fourth-order valence-corrected chi connectivity index (χ4v) is 3.64. The molecule has 2 heterocycles. The highest BCUT2D eigenvalue weighted by Gasteiger charge is 2.38. The number of rotatable bonds is 2. The van der Waals surface area contributed by atoms with Gasteiger partial charge in [-0.05, 0) is 51.9 Å². The van der Waals surface area contributed by atoms with Crippen LogP contribution in [0.2, 0.25) is 0 Å². The van der Waals surface area contributed by atoms with Gasteiger partial charge in [-0.2, -0.15) is 0 Å². The van der Waals surface area contributed by atoms with E-state index in [1.807, 2.05) is 0 Å². The molecule has 2 N–H and O–H groups in total. The van der Waals surface area contributed by atoms with Gasteiger partial charge in [-0.25, -0.2) is 0 Å². The van der Waals surface area contributed by atoms with Crippen LogP contribution >= 0.6 is 0 Å². The topological polar surface area (TPSA) is 38.5 Å². The summed E-state index contributed by atoms with van der Waals surface area (Å²) in [4.78, 5) is 2.42. The second-order valence-corrected chi connectivity index (χ2v) is 6.58. The SMILES string of the molecule is CN1CCC(CN)C1c1cccc2c1OC(C)(C)C2. The van der Waals surface area contributed by atoms with Crippen molar-refractivity contribution >= 4 is 0 Å². The molecule has 3 nitrogen and oxygen atoms in total. The van der Waals surface area contributed by atoms with Crippen molar-refractivity contribution in [1.29, 1.82) is 0 Å². The molecule has 0 spiro atoms. The van der Waals surface area contributed by atoms with E-state index in [0.29, 0.717) is 12.0 Å².